The number of fused-ring (bicyclic) bond motifs is 1. The second-order valence-corrected chi connectivity index (χ2v) is 2.17. The van der Waals surface area contributed by atoms with E-state index in [1.807, 2.05) is 24.3 Å². The molecule has 0 saturated heterocycles. The highest BCUT2D eigenvalue weighted by atomic mass is 127. The number of hydrogen-bond acceptors (Lipinski definition) is 1. The lowest BCUT2D eigenvalue weighted by molar-refractivity contribution is 1.05. The van der Waals surface area contributed by atoms with Gasteiger partial charge >= 0.3 is 0 Å². The summed E-state index contributed by atoms with van der Waals surface area (Å²) in [5.74, 6) is 0. The molecule has 0 radical (unpaired) electrons. The fraction of sp³-hybridized carbons (Fsp3) is 0. The van der Waals surface area contributed by atoms with Crippen LogP contribution >= 0.6 is 24.0 Å². The highest BCUT2D eigenvalue weighted by Crippen LogP contribution is 2.03. The Kier molecular flexibility index (Phi) is 2.33. The van der Waals surface area contributed by atoms with E-state index in [-0.39, 0.29) is 24.0 Å². The zero-order chi connectivity index (χ0) is 6.97. The Morgan fingerprint density at radius 3 is 1.91 bits per heavy atom. The van der Waals surface area contributed by atoms with Crippen molar-refractivity contribution in [3.8, 4) is 0 Å². The van der Waals surface area contributed by atoms with Crippen LogP contribution in [0.3, 0.4) is 0 Å². The second-order valence-electron chi connectivity index (χ2n) is 2.17. The Morgan fingerprint density at radius 1 is 1.00 bits per heavy atom. The molecular weight excluding hydrogens is 253 g/mol. The van der Waals surface area contributed by atoms with Crippen molar-refractivity contribution in [2.45, 2.75) is 0 Å². The average Bonchev–Trinajstić information content (AvgIpc) is 2.27. The van der Waals surface area contributed by atoms with Gasteiger partial charge in [-0.05, 0) is 12.1 Å². The third-order valence-corrected chi connectivity index (χ3v) is 1.45. The van der Waals surface area contributed by atoms with Crippen LogP contribution in [0.1, 0.15) is 0 Å². The van der Waals surface area contributed by atoms with Crippen LogP contribution in [0.15, 0.2) is 24.3 Å². The molecule has 0 fully saturated rings. The number of aromatic nitrogens is 2. The van der Waals surface area contributed by atoms with Crippen molar-refractivity contribution in [3.05, 3.63) is 29.9 Å². The molecule has 3 N–H and O–H groups in total. The van der Waals surface area contributed by atoms with Crippen LogP contribution in [-0.4, -0.2) is 9.97 Å². The molecule has 0 aliphatic heterocycles. The van der Waals surface area contributed by atoms with Crippen molar-refractivity contribution in [2.75, 3.05) is 0 Å². The first-order valence-corrected chi connectivity index (χ1v) is 3.08. The molecule has 0 unspecified atom stereocenters. The third kappa shape index (κ3) is 1.45. The lowest BCUT2D eigenvalue weighted by atomic mass is 10.3. The number of aromatic amines is 2. The van der Waals surface area contributed by atoms with E-state index in [2.05, 4.69) is 9.97 Å². The Bertz CT molecular complexity index is 365. The minimum atomic E-state index is 0. The van der Waals surface area contributed by atoms with Gasteiger partial charge in [-0.2, -0.15) is 0 Å². The summed E-state index contributed by atoms with van der Waals surface area (Å²) in [6.45, 7) is 0. The molecule has 1 aromatic heterocycles. The van der Waals surface area contributed by atoms with E-state index in [0.29, 0.717) is 5.62 Å². The SMILES string of the molecule is I.N=c1[nH]c2ccccc2[nH]1. The smallest absolute Gasteiger partial charge is 0.197 e. The van der Waals surface area contributed by atoms with E-state index >= 15 is 0 Å². The van der Waals surface area contributed by atoms with Gasteiger partial charge < -0.3 is 9.97 Å². The predicted octanol–water partition coefficient (Wildman–Crippen LogP) is 1.59. The van der Waals surface area contributed by atoms with Gasteiger partial charge in [0, 0.05) is 0 Å². The van der Waals surface area contributed by atoms with Crippen LogP contribution in [-0.2, 0) is 0 Å². The molecule has 3 nitrogen and oxygen atoms in total. The van der Waals surface area contributed by atoms with Crippen LogP contribution in [0.5, 0.6) is 0 Å². The van der Waals surface area contributed by atoms with Gasteiger partial charge in [-0.1, -0.05) is 12.1 Å². The average molecular weight is 261 g/mol. The quantitative estimate of drug-likeness (QED) is 0.603. The molecule has 0 spiro atoms. The molecule has 0 aliphatic carbocycles. The minimum Gasteiger partial charge on any atom is -0.324 e. The standard InChI is InChI=1S/C7H7N3.HI/c8-7-9-5-3-1-2-4-6(5)10-7;/h1-4H,(H3,8,9,10);1H. The van der Waals surface area contributed by atoms with Crippen LogP contribution in [0, 0.1) is 5.41 Å². The first kappa shape index (κ1) is 8.32. The maximum Gasteiger partial charge on any atom is 0.197 e. The fourth-order valence-electron chi connectivity index (χ4n) is 1.00. The number of imidazole rings is 1. The molecule has 0 atom stereocenters. The number of hydrogen-bond donors (Lipinski definition) is 3. The summed E-state index contributed by atoms with van der Waals surface area (Å²) in [7, 11) is 0. The molecule has 1 heterocycles. The van der Waals surface area contributed by atoms with Crippen molar-refractivity contribution >= 4 is 35.0 Å². The van der Waals surface area contributed by atoms with Gasteiger partial charge in [0.1, 0.15) is 0 Å². The van der Waals surface area contributed by atoms with Gasteiger partial charge in [-0.25, -0.2) is 0 Å². The van der Waals surface area contributed by atoms with Crippen molar-refractivity contribution in [2.24, 2.45) is 0 Å². The van der Waals surface area contributed by atoms with Gasteiger partial charge in [-0.15, -0.1) is 24.0 Å². The molecule has 2 rings (SSSR count). The number of rotatable bonds is 0. The summed E-state index contributed by atoms with van der Waals surface area (Å²) in [6.07, 6.45) is 0. The minimum absolute atomic E-state index is 0. The zero-order valence-corrected chi connectivity index (χ0v) is 8.05. The summed E-state index contributed by atoms with van der Waals surface area (Å²) < 4.78 is 0. The Balaban J connectivity index is 0.000000605. The lowest BCUT2D eigenvalue weighted by Gasteiger charge is -1.82. The van der Waals surface area contributed by atoms with Gasteiger partial charge in [0.05, 0.1) is 11.0 Å². The molecule has 0 bridgehead atoms. The number of benzene rings is 1. The molecule has 2 aromatic rings. The predicted molar refractivity (Wildman–Crippen MR) is 53.9 cm³/mol. The number of nitrogens with one attached hydrogen (secondary N) is 3. The fourth-order valence-corrected chi connectivity index (χ4v) is 1.00. The third-order valence-electron chi connectivity index (χ3n) is 1.45. The van der Waals surface area contributed by atoms with Crippen LogP contribution < -0.4 is 5.62 Å². The van der Waals surface area contributed by atoms with Crippen LogP contribution in [0.25, 0.3) is 11.0 Å². The summed E-state index contributed by atoms with van der Waals surface area (Å²) in [6, 6.07) is 7.74. The maximum absolute atomic E-state index is 7.21. The van der Waals surface area contributed by atoms with Crippen molar-refractivity contribution < 1.29 is 0 Å². The maximum atomic E-state index is 7.21. The highest BCUT2D eigenvalue weighted by Gasteiger charge is 1.90. The molecule has 4 heteroatoms. The van der Waals surface area contributed by atoms with E-state index in [1.165, 1.54) is 0 Å². The topological polar surface area (TPSA) is 55.4 Å². The van der Waals surface area contributed by atoms with Gasteiger partial charge in [0.15, 0.2) is 5.62 Å². The van der Waals surface area contributed by atoms with E-state index in [4.69, 9.17) is 5.41 Å². The first-order valence-electron chi connectivity index (χ1n) is 3.08. The first-order chi connectivity index (χ1) is 4.86. The van der Waals surface area contributed by atoms with Crippen LogP contribution in [0.4, 0.5) is 0 Å². The summed E-state index contributed by atoms with van der Waals surface area (Å²) in [5, 5.41) is 7.21. The molecule has 0 saturated carbocycles. The number of halogens is 1. The molecule has 11 heavy (non-hydrogen) atoms. The van der Waals surface area contributed by atoms with Crippen LogP contribution in [0.2, 0.25) is 0 Å². The molecule has 58 valence electrons. The van der Waals surface area contributed by atoms with Crippen molar-refractivity contribution in [1.29, 1.82) is 5.41 Å². The molecular formula is C7H8IN3. The monoisotopic (exact) mass is 261 g/mol. The largest absolute Gasteiger partial charge is 0.324 e. The van der Waals surface area contributed by atoms with Gasteiger partial charge in [0.2, 0.25) is 0 Å². The Hall–Kier alpha value is -0.780. The summed E-state index contributed by atoms with van der Waals surface area (Å²) in [4.78, 5) is 5.74. The van der Waals surface area contributed by atoms with Gasteiger partial charge in [0.25, 0.3) is 0 Å². The Labute approximate surface area is 80.4 Å². The summed E-state index contributed by atoms with van der Waals surface area (Å²) in [5.41, 5.74) is 2.31. The van der Waals surface area contributed by atoms with Crippen molar-refractivity contribution in [3.63, 3.8) is 0 Å². The molecule has 0 aliphatic rings. The van der Waals surface area contributed by atoms with E-state index in [9.17, 15) is 0 Å². The Morgan fingerprint density at radius 2 is 1.45 bits per heavy atom. The van der Waals surface area contributed by atoms with E-state index in [1.54, 1.807) is 0 Å². The highest BCUT2D eigenvalue weighted by molar-refractivity contribution is 14.0. The summed E-state index contributed by atoms with van der Waals surface area (Å²) >= 11 is 0. The van der Waals surface area contributed by atoms with E-state index in [0.717, 1.165) is 11.0 Å². The lowest BCUT2D eigenvalue weighted by Crippen LogP contribution is -1.99. The molecule has 1 aromatic carbocycles. The second kappa shape index (κ2) is 3.08. The number of para-hydroxylation sites is 2. The normalized spacial score (nSPS) is 9.45. The van der Waals surface area contributed by atoms with Gasteiger partial charge in [-0.3, -0.25) is 5.41 Å². The zero-order valence-electron chi connectivity index (χ0n) is 5.72. The molecule has 0 amide bonds. The number of H-pyrrole nitrogens is 2. The van der Waals surface area contributed by atoms with Crippen molar-refractivity contribution in [1.82, 2.24) is 9.97 Å². The van der Waals surface area contributed by atoms with E-state index < -0.39 is 0 Å².